The second kappa shape index (κ2) is 12.1. The van der Waals surface area contributed by atoms with Crippen LogP contribution in [0.5, 0.6) is 5.75 Å². The van der Waals surface area contributed by atoms with Crippen LogP contribution in [0.25, 0.3) is 0 Å². The number of ether oxygens (including phenoxy) is 1. The van der Waals surface area contributed by atoms with Gasteiger partial charge in [-0.05, 0) is 43.9 Å². The number of benzene rings is 2. The molecule has 4 rings (SSSR count). The Hall–Kier alpha value is -3.35. The molecule has 7 heteroatoms. The molecule has 1 N–H and O–H groups in total. The molecule has 3 amide bonds. The summed E-state index contributed by atoms with van der Waals surface area (Å²) in [6, 6.07) is 16.6. The van der Waals surface area contributed by atoms with Crippen molar-refractivity contribution < 1.29 is 19.1 Å². The number of methoxy groups -OCH3 is 1. The van der Waals surface area contributed by atoms with Crippen LogP contribution in [0, 0.1) is 5.92 Å². The molecule has 0 bridgehead atoms. The van der Waals surface area contributed by atoms with E-state index in [0.29, 0.717) is 43.8 Å². The van der Waals surface area contributed by atoms with Crippen LogP contribution in [-0.4, -0.2) is 60.3 Å². The van der Waals surface area contributed by atoms with E-state index < -0.39 is 0 Å². The number of rotatable bonds is 8. The molecule has 0 radical (unpaired) electrons. The van der Waals surface area contributed by atoms with Gasteiger partial charge in [0.2, 0.25) is 11.8 Å². The van der Waals surface area contributed by atoms with E-state index >= 15 is 0 Å². The van der Waals surface area contributed by atoms with Crippen LogP contribution in [0.15, 0.2) is 54.6 Å². The molecule has 2 unspecified atom stereocenters. The maximum absolute atomic E-state index is 13.9. The number of amides is 3. The van der Waals surface area contributed by atoms with Crippen LogP contribution in [0.3, 0.4) is 0 Å². The van der Waals surface area contributed by atoms with Gasteiger partial charge in [-0.25, -0.2) is 0 Å². The van der Waals surface area contributed by atoms with E-state index in [1.807, 2.05) is 52.3 Å². The fraction of sp³-hybridized carbons (Fsp3) is 0.483. The molecule has 0 aliphatic carbocycles. The lowest BCUT2D eigenvalue weighted by Crippen LogP contribution is -2.52. The molecule has 2 aliphatic heterocycles. The van der Waals surface area contributed by atoms with Crippen LogP contribution in [0.4, 0.5) is 0 Å². The van der Waals surface area contributed by atoms with Crippen molar-refractivity contribution >= 4 is 17.7 Å². The minimum Gasteiger partial charge on any atom is -0.496 e. The van der Waals surface area contributed by atoms with Crippen LogP contribution < -0.4 is 10.1 Å². The summed E-state index contributed by atoms with van der Waals surface area (Å²) in [6.07, 6.45) is 4.22. The Morgan fingerprint density at radius 3 is 2.39 bits per heavy atom. The predicted molar refractivity (Wildman–Crippen MR) is 139 cm³/mol. The number of hydrogen-bond acceptors (Lipinski definition) is 4. The topological polar surface area (TPSA) is 79.0 Å². The van der Waals surface area contributed by atoms with Crippen LogP contribution >= 0.6 is 0 Å². The summed E-state index contributed by atoms with van der Waals surface area (Å²) >= 11 is 0. The van der Waals surface area contributed by atoms with Gasteiger partial charge >= 0.3 is 0 Å². The Labute approximate surface area is 213 Å². The van der Waals surface area contributed by atoms with Crippen molar-refractivity contribution in [2.75, 3.05) is 26.7 Å². The first-order valence-corrected chi connectivity index (χ1v) is 13.1. The second-order valence-electron chi connectivity index (χ2n) is 9.71. The van der Waals surface area contributed by atoms with Crippen molar-refractivity contribution in [1.29, 1.82) is 0 Å². The van der Waals surface area contributed by atoms with E-state index in [1.54, 1.807) is 19.2 Å². The van der Waals surface area contributed by atoms with E-state index in [-0.39, 0.29) is 35.7 Å². The van der Waals surface area contributed by atoms with Gasteiger partial charge in [0.15, 0.2) is 0 Å². The lowest BCUT2D eigenvalue weighted by atomic mass is 9.82. The summed E-state index contributed by atoms with van der Waals surface area (Å²) in [4.78, 5) is 43.3. The standard InChI is InChI=1S/C29H37N3O4/c1-3-4-18-32-26(33)15-14-24(27(32)23-12-8-9-13-25(23)36-2)29(35)31-19-16-22(17-20-31)30-28(34)21-10-6-5-7-11-21/h5-13,22,24,27H,3-4,14-20H2,1-2H3,(H,30,34). The van der Waals surface area contributed by atoms with Crippen molar-refractivity contribution in [3.05, 3.63) is 65.7 Å². The number of unbranched alkanes of at least 4 members (excludes halogenated alkanes) is 1. The number of likely N-dealkylation sites (tertiary alicyclic amines) is 2. The number of hydrogen-bond donors (Lipinski definition) is 1. The normalized spacial score (nSPS) is 20.8. The predicted octanol–water partition coefficient (Wildman–Crippen LogP) is 4.20. The number of carbonyl (C=O) groups is 3. The summed E-state index contributed by atoms with van der Waals surface area (Å²) < 4.78 is 5.64. The van der Waals surface area contributed by atoms with E-state index in [2.05, 4.69) is 12.2 Å². The van der Waals surface area contributed by atoms with Crippen molar-refractivity contribution in [3.63, 3.8) is 0 Å². The van der Waals surface area contributed by atoms with Gasteiger partial charge in [0.25, 0.3) is 5.91 Å². The molecular weight excluding hydrogens is 454 g/mol. The third-order valence-electron chi connectivity index (χ3n) is 7.41. The van der Waals surface area contributed by atoms with Crippen LogP contribution in [0.1, 0.15) is 67.4 Å². The van der Waals surface area contributed by atoms with Crippen molar-refractivity contribution in [1.82, 2.24) is 15.1 Å². The van der Waals surface area contributed by atoms with E-state index in [1.165, 1.54) is 0 Å². The molecule has 2 saturated heterocycles. The van der Waals surface area contributed by atoms with Gasteiger partial charge < -0.3 is 19.9 Å². The highest BCUT2D eigenvalue weighted by Crippen LogP contribution is 2.41. The highest BCUT2D eigenvalue weighted by atomic mass is 16.5. The van der Waals surface area contributed by atoms with Crippen molar-refractivity contribution in [2.24, 2.45) is 5.92 Å². The molecule has 0 spiro atoms. The van der Waals surface area contributed by atoms with Gasteiger partial charge in [0.05, 0.1) is 19.1 Å². The minimum atomic E-state index is -0.336. The monoisotopic (exact) mass is 491 g/mol. The van der Waals surface area contributed by atoms with Crippen molar-refractivity contribution in [2.45, 2.75) is 57.5 Å². The van der Waals surface area contributed by atoms with Gasteiger partial charge in [0.1, 0.15) is 5.75 Å². The quantitative estimate of drug-likeness (QED) is 0.600. The number of nitrogens with one attached hydrogen (secondary N) is 1. The molecule has 2 aliphatic rings. The van der Waals surface area contributed by atoms with Crippen molar-refractivity contribution in [3.8, 4) is 5.75 Å². The SMILES string of the molecule is CCCCN1C(=O)CCC(C(=O)N2CCC(NC(=O)c3ccccc3)CC2)C1c1ccccc1OC. The number of carbonyl (C=O) groups excluding carboxylic acids is 3. The molecule has 192 valence electrons. The molecular formula is C29H37N3O4. The first kappa shape index (κ1) is 25.7. The fourth-order valence-corrected chi connectivity index (χ4v) is 5.44. The largest absolute Gasteiger partial charge is 0.496 e. The summed E-state index contributed by atoms with van der Waals surface area (Å²) in [7, 11) is 1.63. The maximum Gasteiger partial charge on any atom is 0.251 e. The third kappa shape index (κ3) is 5.72. The van der Waals surface area contributed by atoms with Crippen LogP contribution in [0.2, 0.25) is 0 Å². The Kier molecular flexibility index (Phi) is 8.62. The molecule has 0 saturated carbocycles. The van der Waals surface area contributed by atoms with Crippen LogP contribution in [-0.2, 0) is 9.59 Å². The highest BCUT2D eigenvalue weighted by Gasteiger charge is 2.43. The molecule has 2 aromatic rings. The van der Waals surface area contributed by atoms with Gasteiger partial charge in [-0.3, -0.25) is 14.4 Å². The highest BCUT2D eigenvalue weighted by molar-refractivity contribution is 5.94. The first-order valence-electron chi connectivity index (χ1n) is 13.1. The maximum atomic E-state index is 13.9. The third-order valence-corrected chi connectivity index (χ3v) is 7.41. The Bertz CT molecular complexity index is 1050. The summed E-state index contributed by atoms with van der Waals surface area (Å²) in [5.74, 6) is 0.512. The number of para-hydroxylation sites is 1. The van der Waals surface area contributed by atoms with Gasteiger partial charge in [-0.2, -0.15) is 0 Å². The fourth-order valence-electron chi connectivity index (χ4n) is 5.44. The summed E-state index contributed by atoms with van der Waals surface area (Å²) in [5.41, 5.74) is 1.54. The molecule has 2 atom stereocenters. The van der Waals surface area contributed by atoms with Gasteiger partial charge in [-0.1, -0.05) is 49.7 Å². The first-order chi connectivity index (χ1) is 17.5. The van der Waals surface area contributed by atoms with Gasteiger partial charge in [0, 0.05) is 43.2 Å². The average Bonchev–Trinajstić information content (AvgIpc) is 2.92. The minimum absolute atomic E-state index is 0.0424. The molecule has 36 heavy (non-hydrogen) atoms. The molecule has 2 heterocycles. The average molecular weight is 492 g/mol. The smallest absolute Gasteiger partial charge is 0.251 e. The summed E-state index contributed by atoms with van der Waals surface area (Å²) in [6.45, 7) is 3.93. The second-order valence-corrected chi connectivity index (χ2v) is 9.71. The lowest BCUT2D eigenvalue weighted by Gasteiger charge is -2.44. The number of nitrogens with zero attached hydrogens (tertiary/aromatic N) is 2. The Morgan fingerprint density at radius 1 is 1.00 bits per heavy atom. The van der Waals surface area contributed by atoms with Gasteiger partial charge in [-0.15, -0.1) is 0 Å². The zero-order valence-electron chi connectivity index (χ0n) is 21.3. The molecule has 7 nitrogen and oxygen atoms in total. The summed E-state index contributed by atoms with van der Waals surface area (Å²) in [5, 5.41) is 3.11. The number of piperidine rings is 2. The van der Waals surface area contributed by atoms with E-state index in [0.717, 1.165) is 31.2 Å². The van der Waals surface area contributed by atoms with E-state index in [9.17, 15) is 14.4 Å². The Balaban J connectivity index is 1.48. The molecule has 0 aromatic heterocycles. The lowest BCUT2D eigenvalue weighted by molar-refractivity contribution is -0.148. The zero-order chi connectivity index (χ0) is 25.5. The zero-order valence-corrected chi connectivity index (χ0v) is 21.3. The van der Waals surface area contributed by atoms with E-state index in [4.69, 9.17) is 4.74 Å². The Morgan fingerprint density at radius 2 is 1.69 bits per heavy atom. The molecule has 2 fully saturated rings. The molecule has 2 aromatic carbocycles.